The number of nitrogens with one attached hydrogen (secondary N) is 1. The third-order valence-corrected chi connectivity index (χ3v) is 7.65. The van der Waals surface area contributed by atoms with E-state index in [1.807, 2.05) is 54.6 Å². The fourth-order valence-electron chi connectivity index (χ4n) is 5.00. The average molecular weight is 554 g/mol. The fraction of sp³-hybridized carbons (Fsp3) is 0.355. The van der Waals surface area contributed by atoms with Crippen molar-refractivity contribution < 1.29 is 14.3 Å². The minimum absolute atomic E-state index is 0.0575. The summed E-state index contributed by atoms with van der Waals surface area (Å²) in [5.41, 5.74) is 2.54. The molecule has 0 spiro atoms. The van der Waals surface area contributed by atoms with Crippen LogP contribution in [0.15, 0.2) is 72.8 Å². The summed E-state index contributed by atoms with van der Waals surface area (Å²) >= 11 is 12.5. The molecule has 0 bridgehead atoms. The minimum Gasteiger partial charge on any atom is -0.497 e. The first kappa shape index (κ1) is 28.0. The Labute approximate surface area is 235 Å². The number of nitrogens with zero attached hydrogens (tertiary/aromatic N) is 1. The van der Waals surface area contributed by atoms with Crippen molar-refractivity contribution in [1.82, 2.24) is 10.2 Å². The molecule has 0 unspecified atom stereocenters. The predicted molar refractivity (Wildman–Crippen MR) is 153 cm³/mol. The van der Waals surface area contributed by atoms with Gasteiger partial charge in [0.15, 0.2) is 0 Å². The molecule has 1 atom stereocenters. The third-order valence-electron chi connectivity index (χ3n) is 7.07. The monoisotopic (exact) mass is 552 g/mol. The summed E-state index contributed by atoms with van der Waals surface area (Å²) in [6, 6.07) is 22.0. The van der Waals surface area contributed by atoms with Crippen molar-refractivity contribution in [2.45, 2.75) is 63.6 Å². The molecular weight excluding hydrogens is 519 g/mol. The highest BCUT2D eigenvalue weighted by Gasteiger charge is 2.32. The predicted octanol–water partition coefficient (Wildman–Crippen LogP) is 6.63. The van der Waals surface area contributed by atoms with E-state index in [2.05, 4.69) is 5.32 Å². The second kappa shape index (κ2) is 13.7. The van der Waals surface area contributed by atoms with Gasteiger partial charge in [0.25, 0.3) is 0 Å². The number of hydrogen-bond donors (Lipinski definition) is 1. The van der Waals surface area contributed by atoms with Crippen molar-refractivity contribution in [2.24, 2.45) is 0 Å². The summed E-state index contributed by atoms with van der Waals surface area (Å²) < 4.78 is 5.41. The van der Waals surface area contributed by atoms with E-state index >= 15 is 0 Å². The molecule has 5 nitrogen and oxygen atoms in total. The summed E-state index contributed by atoms with van der Waals surface area (Å²) in [6.07, 6.45) is 5.81. The van der Waals surface area contributed by atoms with Gasteiger partial charge in [-0.1, -0.05) is 91.0 Å². The number of carbonyl (C=O) groups excluding carboxylic acids is 2. The highest BCUT2D eigenvalue weighted by molar-refractivity contribution is 6.35. The zero-order valence-corrected chi connectivity index (χ0v) is 23.2. The van der Waals surface area contributed by atoms with Gasteiger partial charge in [-0.25, -0.2) is 0 Å². The first-order valence-electron chi connectivity index (χ1n) is 13.1. The summed E-state index contributed by atoms with van der Waals surface area (Å²) in [5.74, 6) is 0.387. The number of amides is 2. The number of hydrogen-bond acceptors (Lipinski definition) is 3. The number of methoxy groups -OCH3 is 1. The summed E-state index contributed by atoms with van der Waals surface area (Å²) in [7, 11) is 1.61. The van der Waals surface area contributed by atoms with Gasteiger partial charge >= 0.3 is 0 Å². The van der Waals surface area contributed by atoms with E-state index < -0.39 is 6.04 Å². The lowest BCUT2D eigenvalue weighted by atomic mass is 9.94. The van der Waals surface area contributed by atoms with Gasteiger partial charge in [-0.3, -0.25) is 9.59 Å². The fourth-order valence-corrected chi connectivity index (χ4v) is 5.47. The molecule has 4 rings (SSSR count). The molecule has 1 fully saturated rings. The summed E-state index contributed by atoms with van der Waals surface area (Å²) in [5, 5.41) is 4.20. The van der Waals surface area contributed by atoms with E-state index in [-0.39, 0.29) is 30.8 Å². The molecule has 1 saturated carbocycles. The normalized spacial score (nSPS) is 14.5. The molecule has 7 heteroatoms. The van der Waals surface area contributed by atoms with Crippen molar-refractivity contribution >= 4 is 35.0 Å². The first-order valence-corrected chi connectivity index (χ1v) is 13.9. The Hall–Kier alpha value is -3.02. The number of rotatable bonds is 10. The maximum absolute atomic E-state index is 14.0. The Morgan fingerprint density at radius 3 is 2.39 bits per heavy atom. The van der Waals surface area contributed by atoms with E-state index in [1.54, 1.807) is 30.2 Å². The van der Waals surface area contributed by atoms with Gasteiger partial charge in [0, 0.05) is 29.1 Å². The average Bonchev–Trinajstić information content (AvgIpc) is 2.93. The van der Waals surface area contributed by atoms with Crippen LogP contribution in [-0.4, -0.2) is 35.9 Å². The lowest BCUT2D eigenvalue weighted by molar-refractivity contribution is -0.141. The van der Waals surface area contributed by atoms with Crippen LogP contribution in [0.3, 0.4) is 0 Å². The van der Waals surface area contributed by atoms with Gasteiger partial charge in [-0.15, -0.1) is 0 Å². The Bertz CT molecular complexity index is 1230. The Morgan fingerprint density at radius 2 is 1.68 bits per heavy atom. The van der Waals surface area contributed by atoms with Crippen LogP contribution in [0.5, 0.6) is 5.75 Å². The van der Waals surface area contributed by atoms with Crippen molar-refractivity contribution in [3.63, 3.8) is 0 Å². The number of carbonyl (C=O) groups is 2. The number of halogens is 2. The van der Waals surface area contributed by atoms with Crippen LogP contribution < -0.4 is 10.1 Å². The van der Waals surface area contributed by atoms with Crippen molar-refractivity contribution in [2.75, 3.05) is 7.11 Å². The lowest BCUT2D eigenvalue weighted by Gasteiger charge is -2.33. The van der Waals surface area contributed by atoms with Gasteiger partial charge in [0.05, 0.1) is 13.5 Å². The summed E-state index contributed by atoms with van der Waals surface area (Å²) in [4.78, 5) is 29.5. The quantitative estimate of drug-likeness (QED) is 0.307. The van der Waals surface area contributed by atoms with E-state index in [0.717, 1.165) is 36.8 Å². The zero-order valence-electron chi connectivity index (χ0n) is 21.7. The standard InChI is InChI=1S/C31H34Cl2N2O3/c1-38-27-14-8-11-23(17-27)21-35(30(36)19-24-15-16-25(32)20-28(24)33)29(18-22-9-4-2-5-10-22)31(37)34-26-12-6-3-7-13-26/h2,4-5,8-11,14-17,20,26,29H,3,6-7,12-13,18-19,21H2,1H3,(H,34,37)/t29-/m1/s1. The topological polar surface area (TPSA) is 58.6 Å². The summed E-state index contributed by atoms with van der Waals surface area (Å²) in [6.45, 7) is 0.261. The van der Waals surface area contributed by atoms with Gasteiger partial charge < -0.3 is 15.0 Å². The van der Waals surface area contributed by atoms with Gasteiger partial charge in [-0.2, -0.15) is 0 Å². The molecule has 38 heavy (non-hydrogen) atoms. The molecule has 200 valence electrons. The molecule has 2 amide bonds. The molecular formula is C31H34Cl2N2O3. The third kappa shape index (κ3) is 7.75. The number of ether oxygens (including phenoxy) is 1. The Morgan fingerprint density at radius 1 is 0.947 bits per heavy atom. The van der Waals surface area contributed by atoms with E-state index in [0.29, 0.717) is 27.8 Å². The zero-order chi connectivity index (χ0) is 26.9. The van der Waals surface area contributed by atoms with E-state index in [1.165, 1.54) is 6.42 Å². The highest BCUT2D eigenvalue weighted by Crippen LogP contribution is 2.25. The van der Waals surface area contributed by atoms with Crippen molar-refractivity contribution in [1.29, 1.82) is 0 Å². The van der Waals surface area contributed by atoms with Crippen LogP contribution in [-0.2, 0) is 29.0 Å². The number of benzene rings is 3. The van der Waals surface area contributed by atoms with Gasteiger partial charge in [0.1, 0.15) is 11.8 Å². The molecule has 0 heterocycles. The first-order chi connectivity index (χ1) is 18.4. The molecule has 3 aromatic rings. The largest absolute Gasteiger partial charge is 0.497 e. The Kier molecular flexibility index (Phi) is 10.1. The maximum Gasteiger partial charge on any atom is 0.243 e. The van der Waals surface area contributed by atoms with Crippen LogP contribution in [0.25, 0.3) is 0 Å². The van der Waals surface area contributed by atoms with Crippen LogP contribution in [0, 0.1) is 0 Å². The molecule has 0 aliphatic heterocycles. The van der Waals surface area contributed by atoms with Crippen LogP contribution >= 0.6 is 23.2 Å². The Balaban J connectivity index is 1.68. The second-order valence-corrected chi connectivity index (χ2v) is 10.7. The molecule has 3 aromatic carbocycles. The van der Waals surface area contributed by atoms with Gasteiger partial charge in [-0.05, 0) is 53.8 Å². The van der Waals surface area contributed by atoms with Crippen LogP contribution in [0.4, 0.5) is 0 Å². The molecule has 1 aliphatic carbocycles. The lowest BCUT2D eigenvalue weighted by Crippen LogP contribution is -2.53. The SMILES string of the molecule is COc1cccc(CN(C(=O)Cc2ccc(Cl)cc2Cl)[C@H](Cc2ccccc2)C(=O)NC2CCCCC2)c1. The van der Waals surface area contributed by atoms with E-state index in [4.69, 9.17) is 27.9 Å². The molecule has 1 N–H and O–H groups in total. The van der Waals surface area contributed by atoms with Crippen molar-refractivity contribution in [3.05, 3.63) is 99.5 Å². The second-order valence-electron chi connectivity index (χ2n) is 9.83. The van der Waals surface area contributed by atoms with Gasteiger partial charge in [0.2, 0.25) is 11.8 Å². The molecule has 0 aromatic heterocycles. The molecule has 0 saturated heterocycles. The van der Waals surface area contributed by atoms with Crippen LogP contribution in [0.2, 0.25) is 10.0 Å². The minimum atomic E-state index is -0.691. The highest BCUT2D eigenvalue weighted by atomic mass is 35.5. The van der Waals surface area contributed by atoms with Crippen molar-refractivity contribution in [3.8, 4) is 5.75 Å². The maximum atomic E-state index is 14.0. The van der Waals surface area contributed by atoms with Crippen LogP contribution in [0.1, 0.15) is 48.8 Å². The molecule has 1 aliphatic rings. The van der Waals surface area contributed by atoms with E-state index in [9.17, 15) is 9.59 Å². The smallest absolute Gasteiger partial charge is 0.243 e. The molecule has 0 radical (unpaired) electrons.